The first-order valence-electron chi connectivity index (χ1n) is 17.8. The van der Waals surface area contributed by atoms with Crippen molar-refractivity contribution < 1.29 is 4.42 Å². The first kappa shape index (κ1) is 30.6. The van der Waals surface area contributed by atoms with Crippen molar-refractivity contribution >= 4 is 32.7 Å². The van der Waals surface area contributed by atoms with E-state index in [4.69, 9.17) is 19.4 Å². The van der Waals surface area contributed by atoms with Crippen molar-refractivity contribution in [3.05, 3.63) is 188 Å². The lowest BCUT2D eigenvalue weighted by molar-refractivity contribution is 0.673. The van der Waals surface area contributed by atoms with Crippen LogP contribution >= 0.6 is 0 Å². The summed E-state index contributed by atoms with van der Waals surface area (Å²) in [7, 11) is 0. The summed E-state index contributed by atoms with van der Waals surface area (Å²) in [6, 6.07) is 65.0. The van der Waals surface area contributed by atoms with E-state index in [1.54, 1.807) is 0 Å². The van der Waals surface area contributed by atoms with Gasteiger partial charge in [0.25, 0.3) is 0 Å². The molecule has 0 radical (unpaired) electrons. The van der Waals surface area contributed by atoms with E-state index in [1.807, 2.05) is 24.3 Å². The molecule has 0 atom stereocenters. The Morgan fingerprint density at radius 2 is 0.811 bits per heavy atom. The fourth-order valence-electron chi connectivity index (χ4n) is 7.45. The van der Waals surface area contributed by atoms with E-state index in [-0.39, 0.29) is 0 Å². The molecule has 0 aliphatic rings. The van der Waals surface area contributed by atoms with E-state index < -0.39 is 0 Å². The molecule has 0 fully saturated rings. The summed E-state index contributed by atoms with van der Waals surface area (Å²) < 4.78 is 6.67. The molecular weight excluding hydrogens is 647 g/mol. The predicted octanol–water partition coefficient (Wildman–Crippen LogP) is 12.9. The van der Waals surface area contributed by atoms with Crippen molar-refractivity contribution in [3.8, 4) is 67.5 Å². The molecule has 4 heteroatoms. The number of benzene rings is 8. The first-order valence-corrected chi connectivity index (χ1v) is 17.8. The maximum atomic E-state index is 6.67. The van der Waals surface area contributed by atoms with Crippen molar-refractivity contribution in [1.29, 1.82) is 0 Å². The Bertz CT molecular complexity index is 2940. The normalized spacial score (nSPS) is 11.4. The zero-order valence-electron chi connectivity index (χ0n) is 28.6. The molecule has 0 N–H and O–H groups in total. The van der Waals surface area contributed by atoms with E-state index >= 15 is 0 Å². The fraction of sp³-hybridized carbons (Fsp3) is 0. The van der Waals surface area contributed by atoms with Gasteiger partial charge in [-0.05, 0) is 57.0 Å². The Kier molecular flexibility index (Phi) is 7.43. The summed E-state index contributed by atoms with van der Waals surface area (Å²) >= 11 is 0. The van der Waals surface area contributed by atoms with Gasteiger partial charge >= 0.3 is 0 Å². The highest BCUT2D eigenvalue weighted by molar-refractivity contribution is 6.21. The number of aromatic nitrogens is 3. The molecule has 0 spiro atoms. The summed E-state index contributed by atoms with van der Waals surface area (Å²) in [6.07, 6.45) is 0. The Balaban J connectivity index is 1.26. The standard InChI is InChI=1S/C49H31N3O/c1-4-16-32(17-5-1)35-22-14-23-36(30-35)47-50-48(41-27-13-10-24-37(41)33-18-6-2-7-19-33)52-49(51-47)42-31-43-45-38(34-20-8-3-9-21-34)28-15-29-44(45)53-46(43)40-26-12-11-25-39(40)42/h1-31H. The van der Waals surface area contributed by atoms with Crippen molar-refractivity contribution in [2.24, 2.45) is 0 Å². The van der Waals surface area contributed by atoms with Crippen LogP contribution in [0.5, 0.6) is 0 Å². The van der Waals surface area contributed by atoms with Crippen LogP contribution in [0.15, 0.2) is 192 Å². The number of furan rings is 1. The molecule has 53 heavy (non-hydrogen) atoms. The van der Waals surface area contributed by atoms with Crippen LogP contribution in [0.3, 0.4) is 0 Å². The molecule has 4 nitrogen and oxygen atoms in total. The van der Waals surface area contributed by atoms with Crippen LogP contribution in [0.4, 0.5) is 0 Å². The SMILES string of the molecule is c1ccc(-c2cccc(-c3nc(-c4ccccc4-c4ccccc4)nc(-c4cc5c(oc6cccc(-c7ccccc7)c65)c5ccccc45)n3)c2)cc1. The number of nitrogens with zero attached hydrogens (tertiary/aromatic N) is 3. The minimum absolute atomic E-state index is 0.600. The van der Waals surface area contributed by atoms with E-state index in [0.717, 1.165) is 82.8 Å². The van der Waals surface area contributed by atoms with Crippen LogP contribution in [0.1, 0.15) is 0 Å². The van der Waals surface area contributed by atoms with E-state index in [2.05, 4.69) is 164 Å². The average molecular weight is 678 g/mol. The van der Waals surface area contributed by atoms with Crippen LogP contribution in [-0.2, 0) is 0 Å². The first-order chi connectivity index (χ1) is 26.3. The maximum Gasteiger partial charge on any atom is 0.164 e. The summed E-state index contributed by atoms with van der Waals surface area (Å²) in [6.45, 7) is 0. The van der Waals surface area contributed by atoms with Crippen molar-refractivity contribution in [2.45, 2.75) is 0 Å². The molecule has 2 aromatic heterocycles. The summed E-state index contributed by atoms with van der Waals surface area (Å²) in [5.74, 6) is 1.82. The highest BCUT2D eigenvalue weighted by Gasteiger charge is 2.21. The van der Waals surface area contributed by atoms with Gasteiger partial charge in [0.15, 0.2) is 17.5 Å². The third kappa shape index (κ3) is 5.45. The molecule has 8 aromatic carbocycles. The van der Waals surface area contributed by atoms with Crippen LogP contribution in [-0.4, -0.2) is 15.0 Å². The van der Waals surface area contributed by atoms with Gasteiger partial charge in [-0.1, -0.05) is 170 Å². The lowest BCUT2D eigenvalue weighted by Gasteiger charge is -2.14. The topological polar surface area (TPSA) is 51.8 Å². The summed E-state index contributed by atoms with van der Waals surface area (Å²) in [5, 5.41) is 4.11. The van der Waals surface area contributed by atoms with Crippen LogP contribution in [0.25, 0.3) is 100 Å². The Hall–Kier alpha value is -7.17. The van der Waals surface area contributed by atoms with Crippen molar-refractivity contribution in [1.82, 2.24) is 15.0 Å². The summed E-state index contributed by atoms with van der Waals surface area (Å²) in [5.41, 5.74) is 11.1. The second kappa shape index (κ2) is 12.9. The quantitative estimate of drug-likeness (QED) is 0.176. The average Bonchev–Trinajstić information content (AvgIpc) is 3.63. The second-order valence-electron chi connectivity index (χ2n) is 13.2. The van der Waals surface area contributed by atoms with Crippen LogP contribution < -0.4 is 0 Å². The zero-order chi connectivity index (χ0) is 35.1. The van der Waals surface area contributed by atoms with E-state index in [1.165, 1.54) is 0 Å². The highest BCUT2D eigenvalue weighted by Crippen LogP contribution is 2.43. The van der Waals surface area contributed by atoms with E-state index in [9.17, 15) is 0 Å². The Morgan fingerprint density at radius 1 is 0.302 bits per heavy atom. The van der Waals surface area contributed by atoms with Gasteiger partial charge in [-0.25, -0.2) is 15.0 Å². The number of hydrogen-bond donors (Lipinski definition) is 0. The third-order valence-corrected chi connectivity index (χ3v) is 9.94. The molecule has 10 aromatic rings. The molecule has 2 heterocycles. The highest BCUT2D eigenvalue weighted by atomic mass is 16.3. The monoisotopic (exact) mass is 677 g/mol. The zero-order valence-corrected chi connectivity index (χ0v) is 28.6. The number of fused-ring (bicyclic) bond motifs is 5. The molecular formula is C49H31N3O. The molecule has 0 unspecified atom stereocenters. The fourth-order valence-corrected chi connectivity index (χ4v) is 7.45. The maximum absolute atomic E-state index is 6.67. The van der Waals surface area contributed by atoms with Gasteiger partial charge in [0.2, 0.25) is 0 Å². The molecule has 0 amide bonds. The summed E-state index contributed by atoms with van der Waals surface area (Å²) in [4.78, 5) is 15.8. The van der Waals surface area contributed by atoms with Gasteiger partial charge < -0.3 is 4.42 Å². The molecule has 0 saturated carbocycles. The lowest BCUT2D eigenvalue weighted by atomic mass is 9.95. The van der Waals surface area contributed by atoms with Crippen LogP contribution in [0.2, 0.25) is 0 Å². The largest absolute Gasteiger partial charge is 0.455 e. The molecule has 0 bridgehead atoms. The molecule has 10 rings (SSSR count). The smallest absolute Gasteiger partial charge is 0.164 e. The third-order valence-electron chi connectivity index (χ3n) is 9.94. The Labute approximate surface area is 306 Å². The van der Waals surface area contributed by atoms with Gasteiger partial charge in [0, 0.05) is 32.8 Å². The van der Waals surface area contributed by atoms with E-state index in [0.29, 0.717) is 17.5 Å². The molecule has 0 aliphatic heterocycles. The molecule has 0 aliphatic carbocycles. The van der Waals surface area contributed by atoms with Gasteiger partial charge in [-0.15, -0.1) is 0 Å². The van der Waals surface area contributed by atoms with Gasteiger partial charge in [0.05, 0.1) is 0 Å². The minimum atomic E-state index is 0.600. The number of rotatable bonds is 6. The number of hydrogen-bond acceptors (Lipinski definition) is 4. The van der Waals surface area contributed by atoms with Crippen molar-refractivity contribution in [2.75, 3.05) is 0 Å². The van der Waals surface area contributed by atoms with Gasteiger partial charge in [-0.3, -0.25) is 0 Å². The van der Waals surface area contributed by atoms with Crippen molar-refractivity contribution in [3.63, 3.8) is 0 Å². The molecule has 248 valence electrons. The van der Waals surface area contributed by atoms with Gasteiger partial charge in [-0.2, -0.15) is 0 Å². The predicted molar refractivity (Wildman–Crippen MR) is 217 cm³/mol. The van der Waals surface area contributed by atoms with Gasteiger partial charge in [0.1, 0.15) is 11.2 Å². The second-order valence-corrected chi connectivity index (χ2v) is 13.2. The van der Waals surface area contributed by atoms with Crippen LogP contribution in [0, 0.1) is 0 Å². The minimum Gasteiger partial charge on any atom is -0.455 e. The Morgan fingerprint density at radius 3 is 1.55 bits per heavy atom. The lowest BCUT2D eigenvalue weighted by Crippen LogP contribution is -2.01. The molecule has 0 saturated heterocycles.